The maximum atomic E-state index is 11.6. The van der Waals surface area contributed by atoms with E-state index in [2.05, 4.69) is 15.0 Å². The molecule has 0 aliphatic rings. The van der Waals surface area contributed by atoms with E-state index in [9.17, 15) is 9.90 Å². The molecular weight excluding hydrogens is 362 g/mol. The Morgan fingerprint density at radius 1 is 0.926 bits per heavy atom. The number of nitrogens with zero attached hydrogens (tertiary/aromatic N) is 2. The van der Waals surface area contributed by atoms with Crippen molar-refractivity contribution in [3.63, 3.8) is 0 Å². The van der Waals surface area contributed by atoms with Gasteiger partial charge in [-0.25, -0.2) is 14.8 Å². The van der Waals surface area contributed by atoms with Gasteiger partial charge < -0.3 is 10.1 Å². The van der Waals surface area contributed by atoms with Gasteiger partial charge in [-0.3, -0.25) is 0 Å². The van der Waals surface area contributed by atoms with Crippen molar-refractivity contribution in [2.24, 2.45) is 0 Å². The molecule has 0 unspecified atom stereocenters. The summed E-state index contributed by atoms with van der Waals surface area (Å²) in [5.41, 5.74) is 3.33. The fourth-order valence-corrected chi connectivity index (χ4v) is 3.66. The predicted octanol–water partition coefficient (Wildman–Crippen LogP) is 5.28. The number of aromatic carboxylic acids is 1. The highest BCUT2D eigenvalue weighted by molar-refractivity contribution is 6.35. The van der Waals surface area contributed by atoms with Crippen LogP contribution in [0, 0.1) is 0 Å². The van der Waals surface area contributed by atoms with Crippen molar-refractivity contribution in [2.45, 2.75) is 0 Å². The third-order valence-electron chi connectivity index (χ3n) is 4.62. The molecule has 5 nitrogen and oxygen atoms in total. The van der Waals surface area contributed by atoms with Gasteiger partial charge in [-0.05, 0) is 24.3 Å². The third-order valence-corrected chi connectivity index (χ3v) is 4.94. The lowest BCUT2D eigenvalue weighted by Gasteiger charge is -2.07. The monoisotopic (exact) mass is 373 g/mol. The smallest absolute Gasteiger partial charge is 0.354 e. The molecule has 3 aromatic heterocycles. The van der Waals surface area contributed by atoms with E-state index in [1.165, 1.54) is 0 Å². The molecule has 0 bridgehead atoms. The Labute approximate surface area is 158 Å². The summed E-state index contributed by atoms with van der Waals surface area (Å²) >= 11 is 6.45. The maximum absolute atomic E-state index is 11.6. The Kier molecular flexibility index (Phi) is 3.39. The van der Waals surface area contributed by atoms with Gasteiger partial charge in [-0.1, -0.05) is 48.0 Å². The molecule has 0 aliphatic heterocycles. The van der Waals surface area contributed by atoms with Gasteiger partial charge in [-0.15, -0.1) is 0 Å². The van der Waals surface area contributed by atoms with Crippen molar-refractivity contribution in [3.05, 3.63) is 71.4 Å². The van der Waals surface area contributed by atoms with Crippen molar-refractivity contribution in [3.8, 4) is 11.4 Å². The second kappa shape index (κ2) is 5.79. The summed E-state index contributed by atoms with van der Waals surface area (Å²) in [7, 11) is 0. The van der Waals surface area contributed by atoms with Crippen LogP contribution in [0.4, 0.5) is 0 Å². The van der Waals surface area contributed by atoms with E-state index < -0.39 is 5.97 Å². The number of carboxylic acid groups (broad SMARTS) is 1. The predicted molar refractivity (Wildman–Crippen MR) is 106 cm³/mol. The first kappa shape index (κ1) is 15.8. The lowest BCUT2D eigenvalue weighted by molar-refractivity contribution is 0.0691. The number of fused-ring (bicyclic) bond motifs is 4. The summed E-state index contributed by atoms with van der Waals surface area (Å²) in [6, 6.07) is 18.6. The highest BCUT2D eigenvalue weighted by Crippen LogP contribution is 2.34. The van der Waals surface area contributed by atoms with Crippen LogP contribution in [0.25, 0.3) is 44.1 Å². The Morgan fingerprint density at radius 3 is 2.48 bits per heavy atom. The zero-order chi connectivity index (χ0) is 18.5. The number of rotatable bonds is 2. The molecule has 2 aromatic carbocycles. The van der Waals surface area contributed by atoms with Crippen molar-refractivity contribution >= 4 is 50.3 Å². The average Bonchev–Trinajstić information content (AvgIpc) is 3.06. The normalized spacial score (nSPS) is 11.4. The van der Waals surface area contributed by atoms with Crippen LogP contribution in [0.3, 0.4) is 0 Å². The first-order chi connectivity index (χ1) is 13.1. The third kappa shape index (κ3) is 2.44. The molecule has 0 amide bonds. The van der Waals surface area contributed by atoms with Gasteiger partial charge in [0, 0.05) is 21.7 Å². The van der Waals surface area contributed by atoms with Gasteiger partial charge in [0.15, 0.2) is 0 Å². The minimum atomic E-state index is -1.09. The molecule has 3 heterocycles. The molecule has 0 radical (unpaired) electrons. The van der Waals surface area contributed by atoms with Crippen LogP contribution in [0.15, 0.2) is 60.7 Å². The average molecular weight is 374 g/mol. The Bertz CT molecular complexity index is 1370. The largest absolute Gasteiger partial charge is 0.477 e. The van der Waals surface area contributed by atoms with Gasteiger partial charge in [0.2, 0.25) is 0 Å². The molecule has 130 valence electrons. The molecule has 0 saturated carbocycles. The Morgan fingerprint density at radius 2 is 1.67 bits per heavy atom. The van der Waals surface area contributed by atoms with Gasteiger partial charge in [-0.2, -0.15) is 0 Å². The van der Waals surface area contributed by atoms with E-state index in [0.29, 0.717) is 16.4 Å². The molecule has 0 atom stereocenters. The zero-order valence-corrected chi connectivity index (χ0v) is 14.7. The lowest BCUT2D eigenvalue weighted by atomic mass is 10.1. The van der Waals surface area contributed by atoms with Gasteiger partial charge in [0.05, 0.1) is 21.7 Å². The minimum absolute atomic E-state index is 0.0339. The summed E-state index contributed by atoms with van der Waals surface area (Å²) in [6.45, 7) is 0. The zero-order valence-electron chi connectivity index (χ0n) is 13.9. The number of pyridine rings is 2. The summed E-state index contributed by atoms with van der Waals surface area (Å²) in [4.78, 5) is 24.0. The number of aromatic amines is 1. The first-order valence-corrected chi connectivity index (χ1v) is 8.70. The van der Waals surface area contributed by atoms with Gasteiger partial charge in [0.25, 0.3) is 0 Å². The number of aromatic nitrogens is 3. The quantitative estimate of drug-likeness (QED) is 0.441. The number of benzene rings is 2. The van der Waals surface area contributed by atoms with Crippen molar-refractivity contribution < 1.29 is 9.90 Å². The summed E-state index contributed by atoms with van der Waals surface area (Å²) < 4.78 is 0. The van der Waals surface area contributed by atoms with Crippen molar-refractivity contribution in [1.29, 1.82) is 0 Å². The second-order valence-electron chi connectivity index (χ2n) is 6.26. The Hall–Kier alpha value is -3.44. The van der Waals surface area contributed by atoms with Crippen molar-refractivity contribution in [2.75, 3.05) is 0 Å². The highest BCUT2D eigenvalue weighted by atomic mass is 35.5. The van der Waals surface area contributed by atoms with Crippen LogP contribution >= 0.6 is 11.6 Å². The molecule has 0 aliphatic carbocycles. The first-order valence-electron chi connectivity index (χ1n) is 8.32. The number of halogens is 1. The van der Waals surface area contributed by atoms with E-state index in [1.807, 2.05) is 48.5 Å². The fourth-order valence-electron chi connectivity index (χ4n) is 3.39. The van der Waals surface area contributed by atoms with E-state index in [-0.39, 0.29) is 5.69 Å². The summed E-state index contributed by atoms with van der Waals surface area (Å²) in [5.74, 6) is -1.09. The van der Waals surface area contributed by atoms with Crippen LogP contribution in [0.1, 0.15) is 10.5 Å². The number of nitrogens with one attached hydrogen (secondary N) is 1. The van der Waals surface area contributed by atoms with Gasteiger partial charge >= 0.3 is 5.97 Å². The van der Waals surface area contributed by atoms with Crippen LogP contribution in [0.5, 0.6) is 0 Å². The standard InChI is InChI=1S/C21H12ClN3O2/c22-14-10-17(23-16-8-4-2-6-12(14)16)20-19-13(9-18(25-20)21(26)27)11-5-1-3-7-15(11)24-19/h1-10,24H,(H,26,27). The van der Waals surface area contributed by atoms with Crippen LogP contribution in [-0.2, 0) is 0 Å². The molecule has 0 fully saturated rings. The second-order valence-corrected chi connectivity index (χ2v) is 6.67. The molecule has 0 saturated heterocycles. The molecule has 6 heteroatoms. The molecule has 5 rings (SSSR count). The minimum Gasteiger partial charge on any atom is -0.477 e. The van der Waals surface area contributed by atoms with E-state index >= 15 is 0 Å². The summed E-state index contributed by atoms with van der Waals surface area (Å²) in [6.07, 6.45) is 0. The van der Waals surface area contributed by atoms with Crippen molar-refractivity contribution in [1.82, 2.24) is 15.0 Å². The van der Waals surface area contributed by atoms with Gasteiger partial charge in [0.1, 0.15) is 11.4 Å². The number of para-hydroxylation sites is 2. The highest BCUT2D eigenvalue weighted by Gasteiger charge is 2.18. The molecular formula is C21H12ClN3O2. The molecule has 0 spiro atoms. The topological polar surface area (TPSA) is 78.9 Å². The molecule has 27 heavy (non-hydrogen) atoms. The van der Waals surface area contributed by atoms with E-state index in [1.54, 1.807) is 12.1 Å². The maximum Gasteiger partial charge on any atom is 0.354 e. The number of H-pyrrole nitrogens is 1. The Balaban J connectivity index is 1.91. The number of carbonyl (C=O) groups is 1. The lowest BCUT2D eigenvalue weighted by Crippen LogP contribution is -2.02. The fraction of sp³-hybridized carbons (Fsp3) is 0. The number of hydrogen-bond donors (Lipinski definition) is 2. The van der Waals surface area contributed by atoms with Crippen LogP contribution in [0.2, 0.25) is 5.02 Å². The number of hydrogen-bond acceptors (Lipinski definition) is 3. The van der Waals surface area contributed by atoms with Crippen LogP contribution in [-0.4, -0.2) is 26.0 Å². The molecule has 2 N–H and O–H groups in total. The van der Waals surface area contributed by atoms with E-state index in [0.717, 1.165) is 32.7 Å². The van der Waals surface area contributed by atoms with E-state index in [4.69, 9.17) is 11.6 Å². The number of carboxylic acids is 1. The molecule has 5 aromatic rings. The van der Waals surface area contributed by atoms with Crippen LogP contribution < -0.4 is 0 Å². The SMILES string of the molecule is O=C(O)c1cc2c([nH]c3ccccc32)c(-c2cc(Cl)c3ccccc3n2)n1. The summed E-state index contributed by atoms with van der Waals surface area (Å²) in [5, 5.41) is 12.6.